The molecule has 39 heavy (non-hydrogen) atoms. The molecule has 3 aliphatic rings. The van der Waals surface area contributed by atoms with E-state index >= 15 is 0 Å². The maximum atomic E-state index is 12.3. The number of ether oxygens (including phenoxy) is 1. The zero-order valence-corrected chi connectivity index (χ0v) is 25.5. The van der Waals surface area contributed by atoms with Crippen molar-refractivity contribution in [2.45, 2.75) is 83.0 Å². The first-order valence-corrected chi connectivity index (χ1v) is 16.3. The number of nitrogens with zero attached hydrogens (tertiary/aromatic N) is 2. The van der Waals surface area contributed by atoms with Crippen molar-refractivity contribution in [2.24, 2.45) is 11.3 Å². The number of halogens is 2. The Balaban J connectivity index is 1.25. The minimum absolute atomic E-state index is 0.226. The molecule has 214 valence electrons. The van der Waals surface area contributed by atoms with E-state index in [1.807, 2.05) is 18.2 Å². The number of likely N-dealkylation sites (tertiary alicyclic amines) is 2. The lowest BCUT2D eigenvalue weighted by Gasteiger charge is -2.40. The Morgan fingerprint density at radius 1 is 1.10 bits per heavy atom. The Hall–Kier alpha value is -1.15. The van der Waals surface area contributed by atoms with Gasteiger partial charge in [-0.2, -0.15) is 11.3 Å². The highest BCUT2D eigenvalue weighted by molar-refractivity contribution is 7.08. The highest BCUT2D eigenvalue weighted by Crippen LogP contribution is 2.54. The Bertz CT molecular complexity index is 1110. The van der Waals surface area contributed by atoms with Gasteiger partial charge < -0.3 is 14.7 Å². The highest BCUT2D eigenvalue weighted by atomic mass is 35.5. The second-order valence-electron chi connectivity index (χ2n) is 12.2. The summed E-state index contributed by atoms with van der Waals surface area (Å²) in [7, 11) is 0. The fourth-order valence-electron chi connectivity index (χ4n) is 7.82. The fourth-order valence-corrected chi connectivity index (χ4v) is 9.01. The molecule has 1 spiro atoms. The molecule has 0 radical (unpaired) electrons. The van der Waals surface area contributed by atoms with Crippen molar-refractivity contribution in [1.29, 1.82) is 0 Å². The second kappa shape index (κ2) is 12.4. The molecule has 0 bridgehead atoms. The number of rotatable bonds is 10. The molecule has 0 saturated carbocycles. The van der Waals surface area contributed by atoms with Gasteiger partial charge in [0.1, 0.15) is 0 Å². The zero-order valence-electron chi connectivity index (χ0n) is 23.2. The quantitative estimate of drug-likeness (QED) is 0.308. The summed E-state index contributed by atoms with van der Waals surface area (Å²) in [6.07, 6.45) is 5.93. The van der Waals surface area contributed by atoms with E-state index in [1.165, 1.54) is 5.56 Å². The van der Waals surface area contributed by atoms with Crippen molar-refractivity contribution in [3.8, 4) is 0 Å². The largest absolute Gasteiger partial charge is 0.479 e. The molecule has 2 aromatic rings. The summed E-state index contributed by atoms with van der Waals surface area (Å²) in [6, 6.07) is 8.09. The van der Waals surface area contributed by atoms with Crippen molar-refractivity contribution in [2.75, 3.05) is 32.7 Å². The van der Waals surface area contributed by atoms with Crippen LogP contribution in [0.2, 0.25) is 10.0 Å². The molecule has 3 atom stereocenters. The van der Waals surface area contributed by atoms with Crippen LogP contribution in [0.15, 0.2) is 35.0 Å². The van der Waals surface area contributed by atoms with E-state index in [1.54, 1.807) is 11.3 Å². The van der Waals surface area contributed by atoms with Crippen LogP contribution in [0.3, 0.4) is 0 Å². The third-order valence-corrected chi connectivity index (χ3v) is 10.8. The molecular weight excluding hydrogens is 551 g/mol. The molecular formula is C31H42Cl2N2O3S. The van der Waals surface area contributed by atoms with Crippen molar-refractivity contribution < 1.29 is 14.6 Å². The predicted molar refractivity (Wildman–Crippen MR) is 160 cm³/mol. The number of thiophene rings is 1. The fraction of sp³-hybridized carbons (Fsp3) is 0.645. The van der Waals surface area contributed by atoms with Crippen LogP contribution in [0, 0.1) is 11.3 Å². The summed E-state index contributed by atoms with van der Waals surface area (Å²) >= 11 is 14.4. The monoisotopic (exact) mass is 592 g/mol. The average molecular weight is 594 g/mol. The van der Waals surface area contributed by atoms with Gasteiger partial charge in [0.15, 0.2) is 6.10 Å². The van der Waals surface area contributed by atoms with Crippen molar-refractivity contribution in [3.63, 3.8) is 0 Å². The van der Waals surface area contributed by atoms with Gasteiger partial charge in [-0.05, 0) is 78.1 Å². The van der Waals surface area contributed by atoms with Crippen molar-refractivity contribution in [3.05, 3.63) is 56.2 Å². The molecule has 3 saturated heterocycles. The lowest BCUT2D eigenvalue weighted by molar-refractivity contribution is -0.163. The van der Waals surface area contributed by atoms with Gasteiger partial charge in [-0.25, -0.2) is 4.79 Å². The first-order chi connectivity index (χ1) is 18.8. The summed E-state index contributed by atoms with van der Waals surface area (Å²) in [5.41, 5.74) is 2.05. The smallest absolute Gasteiger partial charge is 0.333 e. The Morgan fingerprint density at radius 3 is 2.46 bits per heavy atom. The predicted octanol–water partition coefficient (Wildman–Crippen LogP) is 7.57. The van der Waals surface area contributed by atoms with Gasteiger partial charge in [0.2, 0.25) is 0 Å². The van der Waals surface area contributed by atoms with Crippen LogP contribution in [0.5, 0.6) is 0 Å². The third kappa shape index (κ3) is 6.37. The van der Waals surface area contributed by atoms with E-state index in [-0.39, 0.29) is 11.0 Å². The van der Waals surface area contributed by atoms with Crippen LogP contribution in [0.4, 0.5) is 0 Å². The topological polar surface area (TPSA) is 53.0 Å². The maximum Gasteiger partial charge on any atom is 0.333 e. The lowest BCUT2D eigenvalue weighted by Crippen LogP contribution is -2.46. The van der Waals surface area contributed by atoms with E-state index in [0.29, 0.717) is 16.9 Å². The van der Waals surface area contributed by atoms with E-state index < -0.39 is 12.1 Å². The molecule has 1 aromatic carbocycles. The van der Waals surface area contributed by atoms with Crippen molar-refractivity contribution in [1.82, 2.24) is 9.80 Å². The number of hydrogen-bond acceptors (Lipinski definition) is 5. The molecule has 0 amide bonds. The van der Waals surface area contributed by atoms with Gasteiger partial charge in [0, 0.05) is 60.6 Å². The van der Waals surface area contributed by atoms with Gasteiger partial charge in [-0.3, -0.25) is 4.90 Å². The molecule has 2 unspecified atom stereocenters. The minimum atomic E-state index is -0.776. The molecule has 8 heteroatoms. The second-order valence-corrected chi connectivity index (χ2v) is 13.8. The number of hydrogen-bond donors (Lipinski definition) is 1. The molecule has 1 N–H and O–H groups in total. The number of benzene rings is 1. The number of carboxylic acids is 1. The minimum Gasteiger partial charge on any atom is -0.479 e. The standard InChI is InChI=1S/C31H42Cl2N2O3S/c1-3-8-30(9-4-2)21-31(38-28(30)29(36)37)10-12-34(13-11-31)17-24-18-35(19-26(24)23-7-14-39-20-23)16-22-5-6-25(32)15-27(22)33/h5-7,14-15,20,24,26,28H,3-4,8-13,16-19,21H2,1-2H3,(H,36,37)/t24-,26?,28?/m1/s1. The summed E-state index contributed by atoms with van der Waals surface area (Å²) < 4.78 is 6.52. The molecule has 5 nitrogen and oxygen atoms in total. The average Bonchev–Trinajstić information content (AvgIpc) is 3.62. The van der Waals surface area contributed by atoms with E-state index in [0.717, 1.165) is 94.8 Å². The van der Waals surface area contributed by atoms with E-state index in [2.05, 4.69) is 40.5 Å². The summed E-state index contributed by atoms with van der Waals surface area (Å²) in [4.78, 5) is 17.4. The van der Waals surface area contributed by atoms with Crippen LogP contribution in [0.1, 0.15) is 75.8 Å². The first kappa shape index (κ1) is 29.3. The zero-order chi connectivity index (χ0) is 27.6. The van der Waals surface area contributed by atoms with Gasteiger partial charge in [0.25, 0.3) is 0 Å². The van der Waals surface area contributed by atoms with Gasteiger partial charge in [-0.15, -0.1) is 0 Å². The van der Waals surface area contributed by atoms with Gasteiger partial charge >= 0.3 is 5.97 Å². The summed E-state index contributed by atoms with van der Waals surface area (Å²) in [6.45, 7) is 10.2. The SMILES string of the molecule is CCCC1(CCC)CC2(CCN(C[C@@H]3CN(Cc4ccc(Cl)cc4Cl)CC3c3ccsc3)CC2)OC1C(=O)O. The number of piperidine rings is 1. The van der Waals surface area contributed by atoms with Gasteiger partial charge in [-0.1, -0.05) is 56.0 Å². The summed E-state index contributed by atoms with van der Waals surface area (Å²) in [5, 5.41) is 16.0. The molecule has 3 aliphatic heterocycles. The number of carboxylic acid groups (broad SMARTS) is 1. The lowest BCUT2D eigenvalue weighted by atomic mass is 9.69. The number of carbonyl (C=O) groups is 1. The maximum absolute atomic E-state index is 12.3. The normalized spacial score (nSPS) is 26.9. The molecule has 1 aromatic heterocycles. The molecule has 3 fully saturated rings. The van der Waals surface area contributed by atoms with Crippen molar-refractivity contribution >= 4 is 40.5 Å². The van der Waals surface area contributed by atoms with E-state index in [9.17, 15) is 9.90 Å². The molecule has 4 heterocycles. The van der Waals surface area contributed by atoms with Crippen LogP contribution in [0.25, 0.3) is 0 Å². The van der Waals surface area contributed by atoms with Crippen LogP contribution in [-0.4, -0.2) is 65.3 Å². The Morgan fingerprint density at radius 2 is 1.85 bits per heavy atom. The highest BCUT2D eigenvalue weighted by Gasteiger charge is 2.58. The Labute approximate surface area is 247 Å². The van der Waals surface area contributed by atoms with Crippen LogP contribution >= 0.6 is 34.5 Å². The van der Waals surface area contributed by atoms with E-state index in [4.69, 9.17) is 27.9 Å². The first-order valence-electron chi connectivity index (χ1n) is 14.6. The Kier molecular flexibility index (Phi) is 9.32. The molecule has 5 rings (SSSR count). The molecule has 0 aliphatic carbocycles. The third-order valence-electron chi connectivity index (χ3n) is 9.48. The van der Waals surface area contributed by atoms with Crippen LogP contribution < -0.4 is 0 Å². The van der Waals surface area contributed by atoms with Crippen LogP contribution in [-0.2, 0) is 16.1 Å². The number of aliphatic carboxylic acids is 1. The van der Waals surface area contributed by atoms with Gasteiger partial charge in [0.05, 0.1) is 5.60 Å². The summed E-state index contributed by atoms with van der Waals surface area (Å²) in [5.74, 6) is 0.260.